The van der Waals surface area contributed by atoms with Crippen molar-refractivity contribution < 1.29 is 4.79 Å². The highest BCUT2D eigenvalue weighted by molar-refractivity contribution is 5.94. The molecule has 5 heteroatoms. The molecule has 1 saturated heterocycles. The van der Waals surface area contributed by atoms with E-state index in [0.29, 0.717) is 12.1 Å². The predicted octanol–water partition coefficient (Wildman–Crippen LogP) is -0.0514. The van der Waals surface area contributed by atoms with Crippen molar-refractivity contribution in [1.82, 2.24) is 9.47 Å². The van der Waals surface area contributed by atoms with Crippen LogP contribution in [0.1, 0.15) is 23.2 Å². The number of pyridine rings is 1. The Morgan fingerprint density at radius 1 is 1.53 bits per heavy atom. The second-order valence-corrected chi connectivity index (χ2v) is 4.52. The third kappa shape index (κ3) is 2.55. The molecule has 1 aliphatic rings. The van der Waals surface area contributed by atoms with Crippen LogP contribution >= 0.6 is 0 Å². The molecule has 0 aromatic carbocycles. The van der Waals surface area contributed by atoms with Crippen LogP contribution in [0.15, 0.2) is 23.1 Å². The fourth-order valence-corrected chi connectivity index (χ4v) is 2.06. The van der Waals surface area contributed by atoms with Crippen molar-refractivity contribution in [1.29, 1.82) is 0 Å². The highest BCUT2D eigenvalue weighted by atomic mass is 16.2. The van der Waals surface area contributed by atoms with Crippen LogP contribution < -0.4 is 11.3 Å². The molecule has 0 radical (unpaired) electrons. The molecule has 1 amide bonds. The predicted molar refractivity (Wildman–Crippen MR) is 64.8 cm³/mol. The van der Waals surface area contributed by atoms with Crippen molar-refractivity contribution in [2.45, 2.75) is 18.9 Å². The van der Waals surface area contributed by atoms with Crippen molar-refractivity contribution in [2.75, 3.05) is 13.1 Å². The van der Waals surface area contributed by atoms with Gasteiger partial charge in [-0.15, -0.1) is 0 Å². The number of hydrogen-bond donors (Lipinski definition) is 1. The molecule has 0 saturated carbocycles. The third-order valence-corrected chi connectivity index (χ3v) is 3.10. The second kappa shape index (κ2) is 4.71. The van der Waals surface area contributed by atoms with Gasteiger partial charge in [0, 0.05) is 44.0 Å². The number of amides is 1. The standard InChI is InChI=1S/C12H17N3O2/c1-14-6-4-9(7-11(14)16)12(17)15-5-2-3-10(13)8-15/h4,6-7,10H,2-3,5,8,13H2,1H3/t10-/m1/s1. The normalized spacial score (nSPS) is 20.4. The fourth-order valence-electron chi connectivity index (χ4n) is 2.06. The lowest BCUT2D eigenvalue weighted by Crippen LogP contribution is -2.45. The minimum Gasteiger partial charge on any atom is -0.337 e. The molecule has 2 N–H and O–H groups in total. The Morgan fingerprint density at radius 2 is 2.29 bits per heavy atom. The van der Waals surface area contributed by atoms with Gasteiger partial charge in [-0.2, -0.15) is 0 Å². The van der Waals surface area contributed by atoms with Crippen LogP contribution in [0, 0.1) is 0 Å². The maximum absolute atomic E-state index is 12.1. The summed E-state index contributed by atoms with van der Waals surface area (Å²) in [6.45, 7) is 1.30. The average Bonchev–Trinajstić information content (AvgIpc) is 2.32. The first-order valence-electron chi connectivity index (χ1n) is 5.79. The van der Waals surface area contributed by atoms with Gasteiger partial charge >= 0.3 is 0 Å². The summed E-state index contributed by atoms with van der Waals surface area (Å²) in [5.41, 5.74) is 6.11. The molecule has 1 aliphatic heterocycles. The van der Waals surface area contributed by atoms with E-state index in [0.717, 1.165) is 19.4 Å². The van der Waals surface area contributed by atoms with Crippen LogP contribution in [0.2, 0.25) is 0 Å². The number of hydrogen-bond acceptors (Lipinski definition) is 3. The first kappa shape index (κ1) is 11.9. The molecule has 0 aliphatic carbocycles. The molecule has 5 nitrogen and oxygen atoms in total. The molecule has 0 unspecified atom stereocenters. The number of rotatable bonds is 1. The zero-order valence-corrected chi connectivity index (χ0v) is 9.93. The Hall–Kier alpha value is -1.62. The Labute approximate surface area is 99.8 Å². The highest BCUT2D eigenvalue weighted by Gasteiger charge is 2.22. The third-order valence-electron chi connectivity index (χ3n) is 3.10. The molecule has 1 atom stereocenters. The molecular weight excluding hydrogens is 218 g/mol. The minimum atomic E-state index is -0.169. The number of likely N-dealkylation sites (tertiary alicyclic amines) is 1. The van der Waals surface area contributed by atoms with Gasteiger partial charge in [-0.1, -0.05) is 0 Å². The summed E-state index contributed by atoms with van der Waals surface area (Å²) in [6.07, 6.45) is 3.50. The van der Waals surface area contributed by atoms with Gasteiger partial charge in [0.25, 0.3) is 11.5 Å². The van der Waals surface area contributed by atoms with Crippen molar-refractivity contribution in [3.05, 3.63) is 34.2 Å². The van der Waals surface area contributed by atoms with Crippen molar-refractivity contribution in [3.8, 4) is 0 Å². The lowest BCUT2D eigenvalue weighted by molar-refractivity contribution is 0.0708. The summed E-state index contributed by atoms with van der Waals surface area (Å²) >= 11 is 0. The van der Waals surface area contributed by atoms with E-state index in [2.05, 4.69) is 0 Å². The van der Waals surface area contributed by atoms with E-state index in [1.807, 2.05) is 0 Å². The zero-order valence-electron chi connectivity index (χ0n) is 9.93. The van der Waals surface area contributed by atoms with Crippen LogP contribution in [0.25, 0.3) is 0 Å². The minimum absolute atomic E-state index is 0.0549. The van der Waals surface area contributed by atoms with Crippen molar-refractivity contribution >= 4 is 5.91 Å². The first-order valence-corrected chi connectivity index (χ1v) is 5.79. The van der Waals surface area contributed by atoms with Crippen LogP contribution in [0.5, 0.6) is 0 Å². The van der Waals surface area contributed by atoms with E-state index in [1.165, 1.54) is 10.6 Å². The average molecular weight is 235 g/mol. The summed E-state index contributed by atoms with van der Waals surface area (Å²) in [4.78, 5) is 25.3. The smallest absolute Gasteiger partial charge is 0.254 e. The monoisotopic (exact) mass is 235 g/mol. The maximum Gasteiger partial charge on any atom is 0.254 e. The van der Waals surface area contributed by atoms with E-state index in [9.17, 15) is 9.59 Å². The van der Waals surface area contributed by atoms with Gasteiger partial charge in [0.2, 0.25) is 0 Å². The zero-order chi connectivity index (χ0) is 12.4. The van der Waals surface area contributed by atoms with Gasteiger partial charge in [-0.3, -0.25) is 9.59 Å². The van der Waals surface area contributed by atoms with E-state index in [4.69, 9.17) is 5.73 Å². The van der Waals surface area contributed by atoms with Gasteiger partial charge in [0.15, 0.2) is 0 Å². The summed E-state index contributed by atoms with van der Waals surface area (Å²) in [6, 6.07) is 3.10. The molecular formula is C12H17N3O2. The molecule has 92 valence electrons. The van der Waals surface area contributed by atoms with Crippen LogP contribution in [0.3, 0.4) is 0 Å². The Kier molecular flexibility index (Phi) is 3.28. The van der Waals surface area contributed by atoms with E-state index < -0.39 is 0 Å². The summed E-state index contributed by atoms with van der Waals surface area (Å²) in [5.74, 6) is -0.0992. The van der Waals surface area contributed by atoms with Gasteiger partial charge < -0.3 is 15.2 Å². The molecule has 17 heavy (non-hydrogen) atoms. The highest BCUT2D eigenvalue weighted by Crippen LogP contribution is 2.11. The summed E-state index contributed by atoms with van der Waals surface area (Å²) < 4.78 is 1.44. The number of piperidine rings is 1. The molecule has 2 heterocycles. The lowest BCUT2D eigenvalue weighted by Gasteiger charge is -2.30. The topological polar surface area (TPSA) is 68.3 Å². The number of carbonyl (C=O) groups excluding carboxylic acids is 1. The van der Waals surface area contributed by atoms with E-state index in [1.54, 1.807) is 24.2 Å². The quantitative estimate of drug-likeness (QED) is 0.742. The summed E-state index contributed by atoms with van der Waals surface area (Å²) in [7, 11) is 1.66. The number of nitrogens with zero attached hydrogens (tertiary/aromatic N) is 2. The van der Waals surface area contributed by atoms with Gasteiger partial charge in [-0.25, -0.2) is 0 Å². The molecule has 0 bridgehead atoms. The number of nitrogens with two attached hydrogens (primary N) is 1. The number of aromatic nitrogens is 1. The van der Waals surface area contributed by atoms with Crippen molar-refractivity contribution in [3.63, 3.8) is 0 Å². The Balaban J connectivity index is 2.18. The van der Waals surface area contributed by atoms with E-state index in [-0.39, 0.29) is 17.5 Å². The lowest BCUT2D eigenvalue weighted by atomic mass is 10.1. The Bertz CT molecular complexity index is 481. The number of carbonyl (C=O) groups is 1. The largest absolute Gasteiger partial charge is 0.337 e. The molecule has 0 spiro atoms. The van der Waals surface area contributed by atoms with Crippen molar-refractivity contribution in [2.24, 2.45) is 12.8 Å². The van der Waals surface area contributed by atoms with Crippen LogP contribution in [-0.4, -0.2) is 34.5 Å². The van der Waals surface area contributed by atoms with E-state index >= 15 is 0 Å². The van der Waals surface area contributed by atoms with Crippen LogP contribution in [-0.2, 0) is 7.05 Å². The fraction of sp³-hybridized carbons (Fsp3) is 0.500. The second-order valence-electron chi connectivity index (χ2n) is 4.52. The maximum atomic E-state index is 12.1. The molecule has 1 aromatic heterocycles. The van der Waals surface area contributed by atoms with Crippen LogP contribution in [0.4, 0.5) is 0 Å². The molecule has 1 aromatic rings. The van der Waals surface area contributed by atoms with Gasteiger partial charge in [0.05, 0.1) is 0 Å². The first-order chi connectivity index (χ1) is 8.08. The SMILES string of the molecule is Cn1ccc(C(=O)N2CCC[C@@H](N)C2)cc1=O. The summed E-state index contributed by atoms with van der Waals surface area (Å²) in [5, 5.41) is 0. The Morgan fingerprint density at radius 3 is 2.94 bits per heavy atom. The number of aryl methyl sites for hydroxylation is 1. The van der Waals surface area contributed by atoms with Gasteiger partial charge in [0.1, 0.15) is 0 Å². The molecule has 2 rings (SSSR count). The van der Waals surface area contributed by atoms with Gasteiger partial charge in [-0.05, 0) is 18.9 Å². The molecule has 1 fully saturated rings.